The Balaban J connectivity index is 1.35. The molecule has 4 aromatic carbocycles. The summed E-state index contributed by atoms with van der Waals surface area (Å²) in [6, 6.07) is 29.7. The van der Waals surface area contributed by atoms with E-state index in [2.05, 4.69) is 15.6 Å². The molecular weight excluding hydrogens is 553 g/mol. The zero-order chi connectivity index (χ0) is 27.2. The second kappa shape index (κ2) is 12.3. The van der Waals surface area contributed by atoms with Crippen LogP contribution in [0.25, 0.3) is 11.3 Å². The summed E-state index contributed by atoms with van der Waals surface area (Å²) in [4.78, 5) is 31.4. The number of carbonyl (C=O) groups is 2. The van der Waals surface area contributed by atoms with Crippen molar-refractivity contribution >= 4 is 57.3 Å². The second-order valence-corrected chi connectivity index (χ2v) is 10.8. The highest BCUT2D eigenvalue weighted by Gasteiger charge is 2.24. The molecule has 2 amide bonds. The van der Waals surface area contributed by atoms with E-state index in [0.29, 0.717) is 21.5 Å². The third kappa shape index (κ3) is 6.54. The Hall–Kier alpha value is -3.98. The van der Waals surface area contributed by atoms with Gasteiger partial charge in [-0.05, 0) is 42.0 Å². The first-order valence-corrected chi connectivity index (χ1v) is 14.0. The molecule has 1 unspecified atom stereocenters. The predicted octanol–water partition coefficient (Wildman–Crippen LogP) is 8.33. The number of thiazole rings is 1. The lowest BCUT2D eigenvalue weighted by atomic mass is 10.1. The van der Waals surface area contributed by atoms with Gasteiger partial charge in [-0.15, -0.1) is 23.1 Å². The zero-order valence-corrected chi connectivity index (χ0v) is 22.7. The number of rotatable bonds is 8. The molecule has 0 bridgehead atoms. The fourth-order valence-corrected chi connectivity index (χ4v) is 5.85. The first-order valence-electron chi connectivity index (χ1n) is 11.9. The predicted molar refractivity (Wildman–Crippen MR) is 157 cm³/mol. The molecule has 0 aliphatic carbocycles. The van der Waals surface area contributed by atoms with Crippen LogP contribution in [0.4, 0.5) is 15.2 Å². The van der Waals surface area contributed by atoms with Crippen LogP contribution < -0.4 is 10.6 Å². The summed E-state index contributed by atoms with van der Waals surface area (Å²) in [5.41, 5.74) is 2.73. The number of halogens is 2. The van der Waals surface area contributed by atoms with Crippen LogP contribution in [0.5, 0.6) is 0 Å². The van der Waals surface area contributed by atoms with Crippen LogP contribution in [-0.2, 0) is 4.79 Å². The number of nitrogens with zero attached hydrogens (tertiary/aromatic N) is 1. The van der Waals surface area contributed by atoms with E-state index in [9.17, 15) is 14.0 Å². The summed E-state index contributed by atoms with van der Waals surface area (Å²) in [6.45, 7) is 0. The zero-order valence-electron chi connectivity index (χ0n) is 20.3. The number of benzene rings is 4. The van der Waals surface area contributed by atoms with Crippen molar-refractivity contribution in [2.45, 2.75) is 10.1 Å². The average Bonchev–Trinajstić information content (AvgIpc) is 3.41. The normalized spacial score (nSPS) is 11.5. The first kappa shape index (κ1) is 26.6. The molecular formula is C30H21ClFN3O2S2. The van der Waals surface area contributed by atoms with Crippen LogP contribution in [0, 0.1) is 5.82 Å². The molecule has 0 radical (unpaired) electrons. The van der Waals surface area contributed by atoms with Crippen LogP contribution in [-0.4, -0.2) is 16.8 Å². The Labute approximate surface area is 238 Å². The highest BCUT2D eigenvalue weighted by atomic mass is 35.5. The summed E-state index contributed by atoms with van der Waals surface area (Å²) in [6.07, 6.45) is 0. The Morgan fingerprint density at radius 3 is 2.41 bits per heavy atom. The number of hydrogen-bond donors (Lipinski definition) is 2. The molecule has 0 saturated heterocycles. The molecule has 0 fully saturated rings. The number of anilines is 2. The van der Waals surface area contributed by atoms with E-state index < -0.39 is 17.0 Å². The van der Waals surface area contributed by atoms with Gasteiger partial charge < -0.3 is 10.6 Å². The van der Waals surface area contributed by atoms with Crippen LogP contribution in [0.2, 0.25) is 5.02 Å². The standard InChI is InChI=1S/C30H21ClFN3O2S2/c31-24-15-6-4-13-22(24)26-18-38-30(34-26)35-29(37)27(19-9-2-1-3-10-19)39-21-12-8-11-20(17-21)33-28(36)23-14-5-7-16-25(23)32/h1-18,27H,(H,33,36)(H,34,35,37). The smallest absolute Gasteiger partial charge is 0.258 e. The number of amides is 2. The molecule has 194 valence electrons. The van der Waals surface area contributed by atoms with E-state index in [1.54, 1.807) is 30.3 Å². The van der Waals surface area contributed by atoms with E-state index >= 15 is 0 Å². The van der Waals surface area contributed by atoms with E-state index in [0.717, 1.165) is 16.0 Å². The highest BCUT2D eigenvalue weighted by Crippen LogP contribution is 2.38. The largest absolute Gasteiger partial charge is 0.322 e. The van der Waals surface area contributed by atoms with Crippen molar-refractivity contribution in [3.8, 4) is 11.3 Å². The molecule has 5 rings (SSSR count). The van der Waals surface area contributed by atoms with Gasteiger partial charge in [0.05, 0.1) is 11.3 Å². The van der Waals surface area contributed by atoms with Crippen molar-refractivity contribution in [2.24, 2.45) is 0 Å². The maximum Gasteiger partial charge on any atom is 0.258 e. The third-order valence-electron chi connectivity index (χ3n) is 5.69. The van der Waals surface area contributed by atoms with Crippen LogP contribution in [0.1, 0.15) is 21.2 Å². The Bertz CT molecular complexity index is 1630. The summed E-state index contributed by atoms with van der Waals surface area (Å²) in [5.74, 6) is -1.39. The van der Waals surface area contributed by atoms with E-state index in [1.807, 2.05) is 60.0 Å². The summed E-state index contributed by atoms with van der Waals surface area (Å²) < 4.78 is 14.0. The maximum absolute atomic E-state index is 14.0. The third-order valence-corrected chi connectivity index (χ3v) is 8.02. The molecule has 0 saturated carbocycles. The second-order valence-electron chi connectivity index (χ2n) is 8.38. The van der Waals surface area contributed by atoms with Gasteiger partial charge in [0, 0.05) is 26.5 Å². The van der Waals surface area contributed by atoms with Crippen molar-refractivity contribution in [3.63, 3.8) is 0 Å². The van der Waals surface area contributed by atoms with Gasteiger partial charge in [0.15, 0.2) is 5.13 Å². The van der Waals surface area contributed by atoms with Crippen molar-refractivity contribution in [1.29, 1.82) is 0 Å². The summed E-state index contributed by atoms with van der Waals surface area (Å²) in [7, 11) is 0. The molecule has 9 heteroatoms. The fraction of sp³-hybridized carbons (Fsp3) is 0.0333. The molecule has 39 heavy (non-hydrogen) atoms. The molecule has 2 N–H and O–H groups in total. The Kier molecular flexibility index (Phi) is 8.36. The Morgan fingerprint density at radius 2 is 1.62 bits per heavy atom. The lowest BCUT2D eigenvalue weighted by molar-refractivity contribution is -0.115. The monoisotopic (exact) mass is 573 g/mol. The van der Waals surface area contributed by atoms with E-state index in [-0.39, 0.29) is 11.5 Å². The topological polar surface area (TPSA) is 71.1 Å². The van der Waals surface area contributed by atoms with Crippen LogP contribution in [0.3, 0.4) is 0 Å². The quantitative estimate of drug-likeness (QED) is 0.183. The summed E-state index contributed by atoms with van der Waals surface area (Å²) in [5, 5.41) is 7.96. The highest BCUT2D eigenvalue weighted by molar-refractivity contribution is 8.00. The van der Waals surface area contributed by atoms with Gasteiger partial charge in [-0.25, -0.2) is 9.37 Å². The van der Waals surface area contributed by atoms with Gasteiger partial charge >= 0.3 is 0 Å². The lowest BCUT2D eigenvalue weighted by Gasteiger charge is -2.17. The number of thioether (sulfide) groups is 1. The molecule has 1 heterocycles. The van der Waals surface area contributed by atoms with Gasteiger partial charge in [0.2, 0.25) is 5.91 Å². The average molecular weight is 574 g/mol. The van der Waals surface area contributed by atoms with Gasteiger partial charge in [0.25, 0.3) is 5.91 Å². The maximum atomic E-state index is 14.0. The van der Waals surface area contributed by atoms with Gasteiger partial charge in [-0.2, -0.15) is 0 Å². The molecule has 0 aliphatic rings. The molecule has 5 aromatic rings. The van der Waals surface area contributed by atoms with Gasteiger partial charge in [0.1, 0.15) is 11.1 Å². The number of carbonyl (C=O) groups excluding carboxylic acids is 2. The lowest BCUT2D eigenvalue weighted by Crippen LogP contribution is -2.19. The molecule has 0 spiro atoms. The van der Waals surface area contributed by atoms with Crippen molar-refractivity contribution in [1.82, 2.24) is 4.98 Å². The number of aromatic nitrogens is 1. The molecule has 0 aliphatic heterocycles. The van der Waals surface area contributed by atoms with Crippen LogP contribution >= 0.6 is 34.7 Å². The first-order chi connectivity index (χ1) is 19.0. The van der Waals surface area contributed by atoms with Gasteiger partial charge in [-0.1, -0.05) is 78.3 Å². The number of nitrogens with one attached hydrogen (secondary N) is 2. The van der Waals surface area contributed by atoms with Crippen molar-refractivity contribution in [3.05, 3.63) is 130 Å². The van der Waals surface area contributed by atoms with Crippen molar-refractivity contribution < 1.29 is 14.0 Å². The van der Waals surface area contributed by atoms with Crippen molar-refractivity contribution in [2.75, 3.05) is 10.6 Å². The minimum absolute atomic E-state index is 0.0447. The molecule has 1 aromatic heterocycles. The minimum atomic E-state index is -0.601. The number of hydrogen-bond acceptors (Lipinski definition) is 5. The minimum Gasteiger partial charge on any atom is -0.322 e. The van der Waals surface area contributed by atoms with E-state index in [1.165, 1.54) is 41.3 Å². The Morgan fingerprint density at radius 1 is 0.872 bits per heavy atom. The SMILES string of the molecule is O=C(Nc1cccc(SC(C(=O)Nc2nc(-c3ccccc3Cl)cs2)c2ccccc2)c1)c1ccccc1F. The van der Waals surface area contributed by atoms with Crippen LogP contribution in [0.15, 0.2) is 113 Å². The molecule has 1 atom stereocenters. The van der Waals surface area contributed by atoms with E-state index in [4.69, 9.17) is 11.6 Å². The van der Waals surface area contributed by atoms with Gasteiger partial charge in [-0.3, -0.25) is 9.59 Å². The fourth-order valence-electron chi connectivity index (χ4n) is 3.82. The molecule has 5 nitrogen and oxygen atoms in total. The summed E-state index contributed by atoms with van der Waals surface area (Å²) >= 11 is 8.96.